The number of hydrogen-bond donors (Lipinski definition) is 1. The van der Waals surface area contributed by atoms with Crippen molar-refractivity contribution in [2.45, 2.75) is 70.5 Å². The van der Waals surface area contributed by atoms with Crippen molar-refractivity contribution in [3.63, 3.8) is 0 Å². The first-order valence-electron chi connectivity index (χ1n) is 12.7. The molecule has 7 heteroatoms. The van der Waals surface area contributed by atoms with Crippen LogP contribution in [0.1, 0.15) is 73.6 Å². The summed E-state index contributed by atoms with van der Waals surface area (Å²) in [7, 11) is 0. The summed E-state index contributed by atoms with van der Waals surface area (Å²) in [6, 6.07) is 3.97. The minimum Gasteiger partial charge on any atom is -0.332 e. The number of fused-ring (bicyclic) bond motifs is 2. The van der Waals surface area contributed by atoms with Gasteiger partial charge in [0, 0.05) is 50.1 Å². The van der Waals surface area contributed by atoms with Gasteiger partial charge in [0.25, 0.3) is 5.56 Å². The highest BCUT2D eigenvalue weighted by Gasteiger charge is 2.56. The summed E-state index contributed by atoms with van der Waals surface area (Å²) < 4.78 is 0. The average molecular weight is 448 g/mol. The third-order valence-corrected chi connectivity index (χ3v) is 8.37. The number of piperidine rings is 1. The van der Waals surface area contributed by atoms with Gasteiger partial charge < -0.3 is 9.88 Å². The van der Waals surface area contributed by atoms with Gasteiger partial charge in [-0.15, -0.1) is 0 Å². The Bertz CT molecular complexity index is 1070. The van der Waals surface area contributed by atoms with Gasteiger partial charge in [0.1, 0.15) is 5.82 Å². The van der Waals surface area contributed by atoms with Crippen LogP contribution in [-0.4, -0.2) is 43.7 Å². The first-order valence-corrected chi connectivity index (χ1v) is 12.7. The molecule has 174 valence electrons. The molecule has 2 aliphatic carbocycles. The molecule has 3 fully saturated rings. The van der Waals surface area contributed by atoms with Crippen LogP contribution < -0.4 is 5.56 Å². The maximum absolute atomic E-state index is 13.5. The number of hydrogen-bond acceptors (Lipinski definition) is 5. The number of aromatic amines is 1. The molecule has 2 saturated carbocycles. The van der Waals surface area contributed by atoms with Crippen molar-refractivity contribution in [1.82, 2.24) is 24.8 Å². The monoisotopic (exact) mass is 447 g/mol. The SMILES string of the molecule is O=C(C1[C@@H]2CCCC[C@@H]12)N1CCCC[C@H]1c1nc2c(c(=O)[nH]1)CCN(Cc1ccncc1)C2. The first kappa shape index (κ1) is 21.0. The molecular formula is C26H33N5O2. The largest absolute Gasteiger partial charge is 0.332 e. The molecule has 0 unspecified atom stereocenters. The van der Waals surface area contributed by atoms with Gasteiger partial charge >= 0.3 is 0 Å². The summed E-state index contributed by atoms with van der Waals surface area (Å²) in [6.07, 6.45) is 12.3. The lowest BCUT2D eigenvalue weighted by Gasteiger charge is -2.36. The Morgan fingerprint density at radius 2 is 1.79 bits per heavy atom. The summed E-state index contributed by atoms with van der Waals surface area (Å²) in [4.78, 5) is 43.1. The second-order valence-corrected chi connectivity index (χ2v) is 10.4. The number of nitrogens with one attached hydrogen (secondary N) is 1. The minimum absolute atomic E-state index is 0.0170. The van der Waals surface area contributed by atoms with E-state index in [2.05, 4.69) is 19.8 Å². The molecule has 2 aliphatic heterocycles. The van der Waals surface area contributed by atoms with Crippen LogP contribution in [0.15, 0.2) is 29.3 Å². The highest BCUT2D eigenvalue weighted by molar-refractivity contribution is 5.83. The maximum Gasteiger partial charge on any atom is 0.254 e. The molecule has 0 bridgehead atoms. The second-order valence-electron chi connectivity index (χ2n) is 10.4. The number of nitrogens with zero attached hydrogens (tertiary/aromatic N) is 4. The summed E-state index contributed by atoms with van der Waals surface area (Å²) >= 11 is 0. The molecule has 0 radical (unpaired) electrons. The molecule has 1 amide bonds. The summed E-state index contributed by atoms with van der Waals surface area (Å²) in [6.45, 7) is 3.12. The fourth-order valence-electron chi connectivity index (χ4n) is 6.58. The number of amides is 1. The molecule has 3 atom stereocenters. The van der Waals surface area contributed by atoms with E-state index >= 15 is 0 Å². The van der Waals surface area contributed by atoms with E-state index in [-0.39, 0.29) is 17.5 Å². The molecule has 33 heavy (non-hydrogen) atoms. The Morgan fingerprint density at radius 1 is 1.03 bits per heavy atom. The number of rotatable bonds is 4. The molecule has 2 aromatic heterocycles. The fraction of sp³-hybridized carbons (Fsp3) is 0.615. The van der Waals surface area contributed by atoms with E-state index in [4.69, 9.17) is 4.98 Å². The molecule has 1 saturated heterocycles. The van der Waals surface area contributed by atoms with Crippen LogP contribution in [0.25, 0.3) is 0 Å². The van der Waals surface area contributed by atoms with Crippen molar-refractivity contribution in [2.75, 3.05) is 13.1 Å². The zero-order chi connectivity index (χ0) is 22.4. The zero-order valence-electron chi connectivity index (χ0n) is 19.2. The van der Waals surface area contributed by atoms with Crippen LogP contribution in [0.5, 0.6) is 0 Å². The molecule has 4 heterocycles. The molecule has 6 rings (SSSR count). The molecule has 4 aliphatic rings. The van der Waals surface area contributed by atoms with Crippen LogP contribution in [0.2, 0.25) is 0 Å². The number of likely N-dealkylation sites (tertiary alicyclic amines) is 1. The van der Waals surface area contributed by atoms with Crippen molar-refractivity contribution in [1.29, 1.82) is 0 Å². The Labute approximate surface area is 194 Å². The first-order chi connectivity index (χ1) is 16.2. The predicted octanol–water partition coefficient (Wildman–Crippen LogP) is 3.21. The Kier molecular flexibility index (Phi) is 5.52. The van der Waals surface area contributed by atoms with Crippen molar-refractivity contribution in [3.05, 3.63) is 57.5 Å². The molecule has 1 N–H and O–H groups in total. The summed E-state index contributed by atoms with van der Waals surface area (Å²) in [5.41, 5.74) is 2.89. The lowest BCUT2D eigenvalue weighted by molar-refractivity contribution is -0.137. The molecule has 7 nitrogen and oxygen atoms in total. The van der Waals surface area contributed by atoms with Crippen molar-refractivity contribution in [2.24, 2.45) is 17.8 Å². The van der Waals surface area contributed by atoms with E-state index in [1.807, 2.05) is 24.5 Å². The Morgan fingerprint density at radius 3 is 2.58 bits per heavy atom. The van der Waals surface area contributed by atoms with Gasteiger partial charge in [-0.1, -0.05) is 12.8 Å². The highest BCUT2D eigenvalue weighted by Crippen LogP contribution is 2.56. The smallest absolute Gasteiger partial charge is 0.254 e. The quantitative estimate of drug-likeness (QED) is 0.778. The van der Waals surface area contributed by atoms with Gasteiger partial charge in [0.15, 0.2) is 0 Å². The van der Waals surface area contributed by atoms with Crippen LogP contribution in [0, 0.1) is 17.8 Å². The van der Waals surface area contributed by atoms with Gasteiger partial charge in [-0.25, -0.2) is 4.98 Å². The Balaban J connectivity index is 1.23. The van der Waals surface area contributed by atoms with E-state index in [1.165, 1.54) is 31.2 Å². The van der Waals surface area contributed by atoms with E-state index in [1.54, 1.807) is 0 Å². The third kappa shape index (κ3) is 4.01. The number of pyridine rings is 1. The molecular weight excluding hydrogens is 414 g/mol. The Hall–Kier alpha value is -2.54. The number of H-pyrrole nitrogens is 1. The number of aromatic nitrogens is 3. The van der Waals surface area contributed by atoms with E-state index in [9.17, 15) is 9.59 Å². The summed E-state index contributed by atoms with van der Waals surface area (Å²) in [5, 5.41) is 0. The van der Waals surface area contributed by atoms with Gasteiger partial charge in [-0.3, -0.25) is 19.5 Å². The van der Waals surface area contributed by atoms with Gasteiger partial charge in [0.2, 0.25) is 5.91 Å². The van der Waals surface area contributed by atoms with Crippen LogP contribution in [-0.2, 0) is 24.3 Å². The molecule has 0 aromatic carbocycles. The standard InChI is InChI=1S/C26H33N5O2/c32-25-20-10-14-30(15-17-8-11-27-12-9-17)16-21(20)28-24(29-25)22-7-3-4-13-31(22)26(33)23-18-5-1-2-6-19(18)23/h8-9,11-12,18-19,22-23H,1-7,10,13-16H2,(H,28,29,32)/t18-,19-,22+/m1/s1. The van der Waals surface area contributed by atoms with Gasteiger partial charge in [-0.2, -0.15) is 0 Å². The van der Waals surface area contributed by atoms with E-state index in [0.29, 0.717) is 36.5 Å². The second kappa shape index (κ2) is 8.67. The van der Waals surface area contributed by atoms with Crippen LogP contribution in [0.4, 0.5) is 0 Å². The molecule has 2 aromatic rings. The van der Waals surface area contributed by atoms with Crippen molar-refractivity contribution < 1.29 is 4.79 Å². The lowest BCUT2D eigenvalue weighted by atomic mass is 9.99. The number of carbonyl (C=O) groups is 1. The lowest BCUT2D eigenvalue weighted by Crippen LogP contribution is -2.42. The zero-order valence-corrected chi connectivity index (χ0v) is 19.2. The van der Waals surface area contributed by atoms with E-state index in [0.717, 1.165) is 50.2 Å². The maximum atomic E-state index is 13.5. The minimum atomic E-state index is -0.0949. The van der Waals surface area contributed by atoms with Crippen molar-refractivity contribution in [3.8, 4) is 0 Å². The van der Waals surface area contributed by atoms with Crippen molar-refractivity contribution >= 4 is 5.91 Å². The average Bonchev–Trinajstić information content (AvgIpc) is 3.58. The normalized spacial score (nSPS) is 29.3. The summed E-state index contributed by atoms with van der Waals surface area (Å²) in [5.74, 6) is 2.43. The number of carbonyl (C=O) groups excluding carboxylic acids is 1. The molecule has 0 spiro atoms. The predicted molar refractivity (Wildman–Crippen MR) is 124 cm³/mol. The van der Waals surface area contributed by atoms with Crippen LogP contribution in [0.3, 0.4) is 0 Å². The van der Waals surface area contributed by atoms with Gasteiger partial charge in [0.05, 0.1) is 11.7 Å². The van der Waals surface area contributed by atoms with Gasteiger partial charge in [-0.05, 0) is 68.1 Å². The van der Waals surface area contributed by atoms with E-state index < -0.39 is 0 Å². The topological polar surface area (TPSA) is 82.2 Å². The third-order valence-electron chi connectivity index (χ3n) is 8.37. The fourth-order valence-corrected chi connectivity index (χ4v) is 6.58. The highest BCUT2D eigenvalue weighted by atomic mass is 16.2. The van der Waals surface area contributed by atoms with Crippen LogP contribution >= 0.6 is 0 Å².